The van der Waals surface area contributed by atoms with Gasteiger partial charge in [-0.15, -0.1) is 0 Å². The van der Waals surface area contributed by atoms with E-state index < -0.39 is 12.1 Å². The summed E-state index contributed by atoms with van der Waals surface area (Å²) < 4.78 is 29.2. The van der Waals surface area contributed by atoms with E-state index in [0.29, 0.717) is 6.61 Å². The van der Waals surface area contributed by atoms with E-state index in [1.807, 2.05) is 44.2 Å². The van der Waals surface area contributed by atoms with Crippen molar-refractivity contribution in [3.8, 4) is 0 Å². The van der Waals surface area contributed by atoms with Crippen LogP contribution in [0.3, 0.4) is 0 Å². The van der Waals surface area contributed by atoms with E-state index in [2.05, 4.69) is 0 Å². The van der Waals surface area contributed by atoms with Gasteiger partial charge in [0.2, 0.25) is 0 Å². The van der Waals surface area contributed by atoms with Crippen molar-refractivity contribution in [3.05, 3.63) is 35.9 Å². The van der Waals surface area contributed by atoms with E-state index in [-0.39, 0.29) is 24.4 Å². The molecular weight excluding hydrogens is 273 g/mol. The average molecular weight is 293 g/mol. The first-order valence-corrected chi connectivity index (χ1v) is 7.41. The molecule has 21 heavy (non-hydrogen) atoms. The summed E-state index contributed by atoms with van der Waals surface area (Å²) in [5.74, 6) is -0.597. The van der Waals surface area contributed by atoms with Crippen molar-refractivity contribution in [2.24, 2.45) is 0 Å². The monoisotopic (exact) mass is 293 g/mol. The van der Waals surface area contributed by atoms with Crippen molar-refractivity contribution >= 4 is 0 Å². The number of fused-ring (bicyclic) bond motifs is 1. The lowest BCUT2D eigenvalue weighted by Crippen LogP contribution is -2.33. The Morgan fingerprint density at radius 3 is 2.52 bits per heavy atom. The fourth-order valence-corrected chi connectivity index (χ4v) is 3.02. The van der Waals surface area contributed by atoms with Crippen LogP contribution in [-0.4, -0.2) is 43.1 Å². The smallest absolute Gasteiger partial charge is 0.187 e. The number of hydrogen-bond acceptors (Lipinski definition) is 5. The van der Waals surface area contributed by atoms with Crippen LogP contribution in [0.2, 0.25) is 0 Å². The Balaban J connectivity index is 1.45. The second kappa shape index (κ2) is 5.04. The van der Waals surface area contributed by atoms with Gasteiger partial charge in [-0.1, -0.05) is 30.3 Å². The third kappa shape index (κ3) is 2.72. The molecule has 0 saturated carbocycles. The van der Waals surface area contributed by atoms with Gasteiger partial charge in [-0.3, -0.25) is 0 Å². The summed E-state index contributed by atoms with van der Waals surface area (Å²) in [6, 6.07) is 10.0. The van der Waals surface area contributed by atoms with Crippen LogP contribution in [0.1, 0.15) is 19.4 Å². The Labute approximate surface area is 124 Å². The molecule has 0 aromatic heterocycles. The zero-order chi connectivity index (χ0) is 14.4. The van der Waals surface area contributed by atoms with Gasteiger partial charge in [0.1, 0.15) is 24.4 Å². The summed E-state index contributed by atoms with van der Waals surface area (Å²) in [5.41, 5.74) is 1.11. The van der Waals surface area contributed by atoms with Crippen LogP contribution in [-0.2, 0) is 30.3 Å². The average Bonchev–Trinajstić information content (AvgIpc) is 3.18. The fraction of sp³-hybridized carbons (Fsp3) is 0.625. The molecule has 3 aliphatic rings. The molecule has 3 fully saturated rings. The zero-order valence-corrected chi connectivity index (χ0v) is 12.2. The van der Waals surface area contributed by atoms with Gasteiger partial charge >= 0.3 is 0 Å². The van der Waals surface area contributed by atoms with Crippen LogP contribution >= 0.6 is 0 Å². The van der Waals surface area contributed by atoms with Crippen molar-refractivity contribution in [2.45, 2.75) is 56.9 Å². The third-order valence-electron chi connectivity index (χ3n) is 4.03. The normalized spacial score (nSPS) is 40.2. The van der Waals surface area contributed by atoms with Crippen LogP contribution in [0.25, 0.3) is 0 Å². The quantitative estimate of drug-likeness (QED) is 0.626. The van der Waals surface area contributed by atoms with Crippen molar-refractivity contribution in [1.29, 1.82) is 0 Å². The second-order valence-electron chi connectivity index (χ2n) is 6.20. The van der Waals surface area contributed by atoms with Crippen molar-refractivity contribution in [3.63, 3.8) is 0 Å². The molecule has 4 rings (SSSR count). The SMILES string of the molecule is CC1(C)O[C@@H]2[C@H](O1)[C@@H](OCc1ccccc1)O[C@@H]2[C@H]1[13CH2]O1. The maximum atomic E-state index is 5.97. The number of epoxide rings is 1. The van der Waals surface area contributed by atoms with Crippen LogP contribution < -0.4 is 0 Å². The van der Waals surface area contributed by atoms with E-state index in [1.54, 1.807) is 0 Å². The lowest BCUT2D eigenvalue weighted by Gasteiger charge is -2.23. The van der Waals surface area contributed by atoms with Gasteiger partial charge < -0.3 is 23.7 Å². The molecule has 5 atom stereocenters. The summed E-state index contributed by atoms with van der Waals surface area (Å²) >= 11 is 0. The van der Waals surface area contributed by atoms with Gasteiger partial charge in [0, 0.05) is 0 Å². The molecule has 0 unspecified atom stereocenters. The largest absolute Gasteiger partial charge is 0.370 e. The van der Waals surface area contributed by atoms with E-state index >= 15 is 0 Å². The van der Waals surface area contributed by atoms with Gasteiger partial charge in [-0.25, -0.2) is 0 Å². The Kier molecular flexibility index (Phi) is 3.28. The zero-order valence-electron chi connectivity index (χ0n) is 12.2. The molecule has 1 aromatic rings. The van der Waals surface area contributed by atoms with E-state index in [0.717, 1.165) is 12.2 Å². The summed E-state index contributed by atoms with van der Waals surface area (Å²) in [7, 11) is 0. The number of ether oxygens (including phenoxy) is 5. The maximum absolute atomic E-state index is 5.97. The first-order chi connectivity index (χ1) is 10.1. The van der Waals surface area contributed by atoms with Gasteiger partial charge in [0.05, 0.1) is 13.2 Å². The fourth-order valence-electron chi connectivity index (χ4n) is 3.02. The molecule has 0 N–H and O–H groups in total. The van der Waals surface area contributed by atoms with Gasteiger partial charge in [0.15, 0.2) is 12.1 Å². The van der Waals surface area contributed by atoms with Crippen LogP contribution in [0.4, 0.5) is 0 Å². The Morgan fingerprint density at radius 1 is 1.10 bits per heavy atom. The highest BCUT2D eigenvalue weighted by Crippen LogP contribution is 2.42. The number of rotatable bonds is 4. The molecule has 3 aliphatic heterocycles. The molecule has 114 valence electrons. The van der Waals surface area contributed by atoms with Gasteiger partial charge in [0.25, 0.3) is 0 Å². The molecule has 0 bridgehead atoms. The first kappa shape index (κ1) is 13.7. The molecule has 5 nitrogen and oxygen atoms in total. The predicted molar refractivity (Wildman–Crippen MR) is 73.5 cm³/mol. The molecular formula is C16H20O5. The summed E-state index contributed by atoms with van der Waals surface area (Å²) in [4.78, 5) is 0. The lowest BCUT2D eigenvalue weighted by molar-refractivity contribution is -0.238. The van der Waals surface area contributed by atoms with Crippen LogP contribution in [0, 0.1) is 0 Å². The van der Waals surface area contributed by atoms with Crippen molar-refractivity contribution in [1.82, 2.24) is 0 Å². The molecule has 1 aromatic carbocycles. The van der Waals surface area contributed by atoms with Gasteiger partial charge in [-0.05, 0) is 19.4 Å². The van der Waals surface area contributed by atoms with Crippen LogP contribution in [0.15, 0.2) is 30.3 Å². The lowest BCUT2D eigenvalue weighted by atomic mass is 10.1. The molecule has 0 spiro atoms. The minimum atomic E-state index is -0.597. The third-order valence-corrected chi connectivity index (χ3v) is 4.03. The predicted octanol–water partition coefficient (Wildman–Crippen LogP) is 1.85. The Hall–Kier alpha value is -0.980. The molecule has 0 aliphatic carbocycles. The van der Waals surface area contributed by atoms with E-state index in [4.69, 9.17) is 23.7 Å². The Morgan fingerprint density at radius 2 is 1.81 bits per heavy atom. The molecule has 3 heterocycles. The summed E-state index contributed by atoms with van der Waals surface area (Å²) in [6.07, 6.45) is -0.713. The van der Waals surface area contributed by atoms with Crippen molar-refractivity contribution < 1.29 is 23.7 Å². The number of hydrogen-bond donors (Lipinski definition) is 0. The van der Waals surface area contributed by atoms with E-state index in [1.165, 1.54) is 0 Å². The highest BCUT2D eigenvalue weighted by molar-refractivity contribution is 5.13. The highest BCUT2D eigenvalue weighted by atomic mass is 16.8. The minimum absolute atomic E-state index is 0.0995. The topological polar surface area (TPSA) is 49.5 Å². The minimum Gasteiger partial charge on any atom is -0.370 e. The van der Waals surface area contributed by atoms with E-state index in [9.17, 15) is 0 Å². The van der Waals surface area contributed by atoms with Crippen molar-refractivity contribution in [2.75, 3.05) is 6.61 Å². The number of benzene rings is 1. The summed E-state index contributed by atoms with van der Waals surface area (Å²) in [5, 5.41) is 0. The van der Waals surface area contributed by atoms with Crippen LogP contribution in [0.5, 0.6) is 0 Å². The second-order valence-corrected chi connectivity index (χ2v) is 6.20. The summed E-state index contributed by atoms with van der Waals surface area (Å²) in [6.45, 7) is 5.06. The first-order valence-electron chi connectivity index (χ1n) is 7.41. The molecule has 0 radical (unpaired) electrons. The molecule has 3 saturated heterocycles. The molecule has 0 amide bonds. The maximum Gasteiger partial charge on any atom is 0.187 e. The Bertz CT molecular complexity index is 499. The van der Waals surface area contributed by atoms with Gasteiger partial charge in [-0.2, -0.15) is 0 Å². The highest BCUT2D eigenvalue weighted by Gasteiger charge is 2.59. The molecule has 5 heteroatoms. The standard InChI is InChI=1S/C16H20O5/c1-16(2)20-13-12(11-9-17-11)19-15(14(13)21-16)18-8-10-6-4-3-5-7-10/h3-7,11-15H,8-9H2,1-2H3/t11-,12-,13+,14+,15+/m1/s1/i9+1.